The van der Waals surface area contributed by atoms with Crippen molar-refractivity contribution in [1.82, 2.24) is 0 Å². The van der Waals surface area contributed by atoms with Gasteiger partial charge in [0.2, 0.25) is 0 Å². The summed E-state index contributed by atoms with van der Waals surface area (Å²) in [4.78, 5) is 11.0. The van der Waals surface area contributed by atoms with Gasteiger partial charge in [-0.05, 0) is 18.9 Å². The second-order valence-corrected chi connectivity index (χ2v) is 3.32. The molecule has 0 heterocycles. The Morgan fingerprint density at radius 1 is 1.40 bits per heavy atom. The van der Waals surface area contributed by atoms with E-state index >= 15 is 0 Å². The van der Waals surface area contributed by atoms with Crippen LogP contribution in [-0.2, 0) is 16.0 Å². The molecule has 0 fully saturated rings. The molecule has 0 saturated carbocycles. The van der Waals surface area contributed by atoms with Gasteiger partial charge in [-0.15, -0.1) is 12.4 Å². The molecule has 0 aliphatic heterocycles. The lowest BCUT2D eigenvalue weighted by molar-refractivity contribution is -0.142. The summed E-state index contributed by atoms with van der Waals surface area (Å²) in [6.45, 7) is 2.02. The van der Waals surface area contributed by atoms with Gasteiger partial charge in [-0.2, -0.15) is 0 Å². The summed E-state index contributed by atoms with van der Waals surface area (Å²) in [5.41, 5.74) is 7.87. The third kappa shape index (κ3) is 4.32. The van der Waals surface area contributed by atoms with Gasteiger partial charge in [0.1, 0.15) is 6.04 Å². The number of aryl methyl sites for hydroxylation is 1. The van der Waals surface area contributed by atoms with Crippen molar-refractivity contribution in [3.8, 4) is 0 Å². The lowest BCUT2D eigenvalue weighted by Crippen LogP contribution is -2.33. The molecule has 15 heavy (non-hydrogen) atoms. The van der Waals surface area contributed by atoms with Crippen LogP contribution in [0.1, 0.15) is 11.1 Å². The van der Waals surface area contributed by atoms with Crippen molar-refractivity contribution in [2.24, 2.45) is 5.73 Å². The van der Waals surface area contributed by atoms with E-state index in [0.29, 0.717) is 6.42 Å². The third-order valence-corrected chi connectivity index (χ3v) is 2.08. The lowest BCUT2D eigenvalue weighted by Gasteiger charge is -2.08. The van der Waals surface area contributed by atoms with Crippen LogP contribution in [0.2, 0.25) is 0 Å². The van der Waals surface area contributed by atoms with Crippen LogP contribution in [0.25, 0.3) is 0 Å². The Hall–Kier alpha value is -1.06. The van der Waals surface area contributed by atoms with Gasteiger partial charge >= 0.3 is 5.97 Å². The quantitative estimate of drug-likeness (QED) is 0.799. The minimum Gasteiger partial charge on any atom is -0.468 e. The molecule has 1 rings (SSSR count). The first-order valence-corrected chi connectivity index (χ1v) is 4.52. The molecule has 1 aromatic rings. The highest BCUT2D eigenvalue weighted by atomic mass is 35.5. The van der Waals surface area contributed by atoms with Crippen molar-refractivity contribution in [2.45, 2.75) is 19.4 Å². The molecule has 1 aromatic carbocycles. The number of hydrogen-bond donors (Lipinski definition) is 1. The Morgan fingerprint density at radius 2 is 1.93 bits per heavy atom. The maximum atomic E-state index is 11.0. The van der Waals surface area contributed by atoms with Crippen LogP contribution in [-0.4, -0.2) is 19.1 Å². The number of carbonyl (C=O) groups is 1. The molecule has 1 atom stereocenters. The number of halogens is 1. The molecule has 0 bridgehead atoms. The highest BCUT2D eigenvalue weighted by Gasteiger charge is 2.13. The van der Waals surface area contributed by atoms with E-state index in [9.17, 15) is 4.79 Å². The monoisotopic (exact) mass is 229 g/mol. The summed E-state index contributed by atoms with van der Waals surface area (Å²) in [7, 11) is 1.34. The maximum absolute atomic E-state index is 11.0. The molecule has 0 saturated heterocycles. The molecule has 0 aliphatic rings. The van der Waals surface area contributed by atoms with Crippen LogP contribution in [0.5, 0.6) is 0 Å². The smallest absolute Gasteiger partial charge is 0.322 e. The second-order valence-electron chi connectivity index (χ2n) is 3.32. The molecular formula is C11H16ClNO2. The zero-order chi connectivity index (χ0) is 10.6. The van der Waals surface area contributed by atoms with E-state index in [1.165, 1.54) is 12.7 Å². The molecule has 2 N–H and O–H groups in total. The van der Waals surface area contributed by atoms with Gasteiger partial charge in [0.05, 0.1) is 7.11 Å². The van der Waals surface area contributed by atoms with Crippen molar-refractivity contribution >= 4 is 18.4 Å². The van der Waals surface area contributed by atoms with Crippen molar-refractivity contribution < 1.29 is 9.53 Å². The fraction of sp³-hybridized carbons (Fsp3) is 0.364. The Balaban J connectivity index is 0.00000196. The second kappa shape index (κ2) is 6.43. The molecule has 0 aliphatic carbocycles. The predicted molar refractivity (Wildman–Crippen MR) is 62.1 cm³/mol. The number of methoxy groups -OCH3 is 1. The number of benzene rings is 1. The first-order chi connectivity index (χ1) is 6.63. The molecule has 0 amide bonds. The normalized spacial score (nSPS) is 11.4. The first-order valence-electron chi connectivity index (χ1n) is 4.52. The van der Waals surface area contributed by atoms with E-state index in [1.54, 1.807) is 0 Å². The number of carbonyl (C=O) groups excluding carboxylic acids is 1. The highest BCUT2D eigenvalue weighted by Crippen LogP contribution is 2.05. The van der Waals surface area contributed by atoms with E-state index in [-0.39, 0.29) is 18.4 Å². The van der Waals surface area contributed by atoms with Crippen LogP contribution in [0, 0.1) is 6.92 Å². The average Bonchev–Trinajstić information content (AvgIpc) is 2.20. The van der Waals surface area contributed by atoms with E-state index in [1.807, 2.05) is 31.2 Å². The van der Waals surface area contributed by atoms with Crippen molar-refractivity contribution in [2.75, 3.05) is 7.11 Å². The van der Waals surface area contributed by atoms with E-state index in [4.69, 9.17) is 5.73 Å². The van der Waals surface area contributed by atoms with Gasteiger partial charge in [-0.25, -0.2) is 0 Å². The van der Waals surface area contributed by atoms with Crippen LogP contribution in [0.4, 0.5) is 0 Å². The minimum atomic E-state index is -0.567. The van der Waals surface area contributed by atoms with Crippen LogP contribution in [0.15, 0.2) is 24.3 Å². The number of rotatable bonds is 3. The Labute approximate surface area is 96.0 Å². The highest BCUT2D eigenvalue weighted by molar-refractivity contribution is 5.85. The zero-order valence-corrected chi connectivity index (χ0v) is 9.71. The largest absolute Gasteiger partial charge is 0.468 e. The van der Waals surface area contributed by atoms with Gasteiger partial charge in [-0.3, -0.25) is 4.79 Å². The van der Waals surface area contributed by atoms with E-state index < -0.39 is 6.04 Å². The summed E-state index contributed by atoms with van der Waals surface area (Å²) in [5, 5.41) is 0. The van der Waals surface area contributed by atoms with Gasteiger partial charge in [-0.1, -0.05) is 29.8 Å². The molecule has 0 aromatic heterocycles. The number of hydrogen-bond acceptors (Lipinski definition) is 3. The standard InChI is InChI=1S/C11H15NO2.ClH/c1-8-3-5-9(6-4-8)7-10(12)11(13)14-2;/h3-6,10H,7,12H2,1-2H3;1H/t10-;/m1./s1. The average molecular weight is 230 g/mol. The van der Waals surface area contributed by atoms with E-state index in [2.05, 4.69) is 4.74 Å². The summed E-state index contributed by atoms with van der Waals surface area (Å²) in [5.74, 6) is -0.370. The number of nitrogens with two attached hydrogens (primary N) is 1. The molecule has 84 valence electrons. The molecular weight excluding hydrogens is 214 g/mol. The van der Waals surface area contributed by atoms with Gasteiger partial charge in [0.15, 0.2) is 0 Å². The molecule has 3 nitrogen and oxygen atoms in total. The number of esters is 1. The Kier molecular flexibility index (Phi) is 5.97. The third-order valence-electron chi connectivity index (χ3n) is 2.08. The first kappa shape index (κ1) is 13.9. The van der Waals surface area contributed by atoms with Crippen LogP contribution < -0.4 is 5.73 Å². The van der Waals surface area contributed by atoms with Gasteiger partial charge < -0.3 is 10.5 Å². The van der Waals surface area contributed by atoms with Crippen LogP contribution in [0.3, 0.4) is 0 Å². The summed E-state index contributed by atoms with van der Waals surface area (Å²) < 4.78 is 4.54. The molecule has 0 radical (unpaired) electrons. The predicted octanol–water partition coefficient (Wildman–Crippen LogP) is 1.46. The van der Waals surface area contributed by atoms with Crippen LogP contribution >= 0.6 is 12.4 Å². The van der Waals surface area contributed by atoms with Gasteiger partial charge in [0.25, 0.3) is 0 Å². The number of ether oxygens (including phenoxy) is 1. The summed E-state index contributed by atoms with van der Waals surface area (Å²) in [6, 6.07) is 7.37. The van der Waals surface area contributed by atoms with Crippen molar-refractivity contribution in [3.05, 3.63) is 35.4 Å². The topological polar surface area (TPSA) is 52.3 Å². The Bertz CT molecular complexity index is 311. The minimum absolute atomic E-state index is 0. The van der Waals surface area contributed by atoms with Crippen molar-refractivity contribution in [1.29, 1.82) is 0 Å². The SMILES string of the molecule is COC(=O)[C@H](N)Cc1ccc(C)cc1.Cl. The Morgan fingerprint density at radius 3 is 2.40 bits per heavy atom. The molecule has 4 heteroatoms. The molecule has 0 unspecified atom stereocenters. The van der Waals surface area contributed by atoms with E-state index in [0.717, 1.165) is 5.56 Å². The fourth-order valence-electron chi connectivity index (χ4n) is 1.21. The summed E-state index contributed by atoms with van der Waals surface area (Å²) in [6.07, 6.45) is 0.521. The van der Waals surface area contributed by atoms with Gasteiger partial charge in [0, 0.05) is 0 Å². The molecule has 0 spiro atoms. The fourth-order valence-corrected chi connectivity index (χ4v) is 1.21. The maximum Gasteiger partial charge on any atom is 0.322 e. The van der Waals surface area contributed by atoms with Crippen molar-refractivity contribution in [3.63, 3.8) is 0 Å². The lowest BCUT2D eigenvalue weighted by atomic mass is 10.1. The zero-order valence-electron chi connectivity index (χ0n) is 8.90. The summed E-state index contributed by atoms with van der Waals surface area (Å²) >= 11 is 0.